The number of ketones is 1. The Morgan fingerprint density at radius 3 is 2.35 bits per heavy atom. The lowest BCUT2D eigenvalue weighted by molar-refractivity contribution is -0.114. The van der Waals surface area contributed by atoms with E-state index in [1.54, 1.807) is 0 Å². The Hall–Kier alpha value is -1.11. The molecule has 1 aromatic rings. The molecule has 0 bridgehead atoms. The minimum absolute atomic E-state index is 0.229. The van der Waals surface area contributed by atoms with Crippen molar-refractivity contribution in [3.05, 3.63) is 35.4 Å². The lowest BCUT2D eigenvalue weighted by Crippen LogP contribution is -2.53. The van der Waals surface area contributed by atoms with Gasteiger partial charge in [-0.3, -0.25) is 4.79 Å². The second-order valence-electron chi connectivity index (χ2n) is 11.9. The molecule has 5 rings (SSSR count). The van der Waals surface area contributed by atoms with Gasteiger partial charge in [0.15, 0.2) is 5.78 Å². The molecule has 8 unspecified atom stereocenters. The number of hydrogen-bond acceptors (Lipinski definition) is 1. The third kappa shape index (κ3) is 3.72. The molecule has 0 saturated heterocycles. The maximum atomic E-state index is 13.5. The Morgan fingerprint density at radius 2 is 1.61 bits per heavy atom. The van der Waals surface area contributed by atoms with Crippen molar-refractivity contribution in [2.45, 2.75) is 99.3 Å². The number of hydrogen-bond donors (Lipinski definition) is 0. The molecular weight excluding hydrogens is 376 g/mol. The van der Waals surface area contributed by atoms with Crippen LogP contribution in [0.3, 0.4) is 0 Å². The van der Waals surface area contributed by atoms with Gasteiger partial charge in [-0.25, -0.2) is 0 Å². The summed E-state index contributed by atoms with van der Waals surface area (Å²) in [5.74, 6) is 5.13. The Kier molecular flexibility index (Phi) is 6.46. The normalized spacial score (nSPS) is 43.7. The van der Waals surface area contributed by atoms with Gasteiger partial charge in [0.2, 0.25) is 0 Å². The smallest absolute Gasteiger partial charge is 0.166 e. The van der Waals surface area contributed by atoms with Gasteiger partial charge in [0.05, 0.1) is 0 Å². The molecule has 0 spiro atoms. The van der Waals surface area contributed by atoms with Crippen LogP contribution in [0.15, 0.2) is 24.3 Å². The van der Waals surface area contributed by atoms with Gasteiger partial charge in [-0.15, -0.1) is 0 Å². The Morgan fingerprint density at radius 1 is 0.903 bits per heavy atom. The predicted molar refractivity (Wildman–Crippen MR) is 131 cm³/mol. The van der Waals surface area contributed by atoms with Crippen LogP contribution in [0.1, 0.15) is 108 Å². The van der Waals surface area contributed by atoms with E-state index in [9.17, 15) is 4.79 Å². The topological polar surface area (TPSA) is 17.1 Å². The zero-order valence-corrected chi connectivity index (χ0v) is 21.0. The van der Waals surface area contributed by atoms with E-state index < -0.39 is 0 Å². The minimum Gasteiger partial charge on any atom is -0.294 e. The van der Waals surface area contributed by atoms with Crippen molar-refractivity contribution < 1.29 is 4.79 Å². The molecule has 31 heavy (non-hydrogen) atoms. The van der Waals surface area contributed by atoms with Crippen molar-refractivity contribution in [3.8, 4) is 0 Å². The molecule has 1 heteroatoms. The Labute approximate surface area is 191 Å². The summed E-state index contributed by atoms with van der Waals surface area (Å²) in [5, 5.41) is 0. The molecule has 172 valence electrons. The monoisotopic (exact) mass is 422 g/mol. The minimum atomic E-state index is 0.229. The lowest BCUT2D eigenvalue weighted by atomic mass is 9.44. The summed E-state index contributed by atoms with van der Waals surface area (Å²) in [7, 11) is 0. The van der Waals surface area contributed by atoms with Crippen molar-refractivity contribution in [2.75, 3.05) is 0 Å². The summed E-state index contributed by atoms with van der Waals surface area (Å²) in [6, 6.07) is 8.32. The van der Waals surface area contributed by atoms with Crippen molar-refractivity contribution in [3.63, 3.8) is 0 Å². The van der Waals surface area contributed by atoms with E-state index >= 15 is 0 Å². The van der Waals surface area contributed by atoms with Crippen LogP contribution in [-0.2, 0) is 0 Å². The first-order valence-electron chi connectivity index (χ1n) is 13.4. The van der Waals surface area contributed by atoms with Crippen LogP contribution >= 0.6 is 0 Å². The van der Waals surface area contributed by atoms with Crippen LogP contribution in [0.25, 0.3) is 0 Å². The lowest BCUT2D eigenvalue weighted by Gasteiger charge is -2.61. The van der Waals surface area contributed by atoms with Crippen molar-refractivity contribution >= 4 is 5.78 Å². The zero-order chi connectivity index (χ0) is 22.4. The highest BCUT2D eigenvalue weighted by Gasteiger charge is 2.61. The van der Waals surface area contributed by atoms with Gasteiger partial charge < -0.3 is 0 Å². The predicted octanol–water partition coefficient (Wildman–Crippen LogP) is 8.50. The van der Waals surface area contributed by atoms with E-state index in [-0.39, 0.29) is 11.3 Å². The summed E-state index contributed by atoms with van der Waals surface area (Å²) >= 11 is 0. The molecule has 0 aliphatic heterocycles. The first-order valence-corrected chi connectivity index (χ1v) is 13.4. The molecule has 1 aromatic carbocycles. The molecule has 8 atom stereocenters. The van der Waals surface area contributed by atoms with E-state index in [1.807, 2.05) is 19.9 Å². The number of aryl methyl sites for hydroxylation is 1. The van der Waals surface area contributed by atoms with Gasteiger partial charge >= 0.3 is 0 Å². The average molecular weight is 423 g/mol. The quantitative estimate of drug-likeness (QED) is 0.437. The summed E-state index contributed by atoms with van der Waals surface area (Å²) in [6.07, 6.45) is 12.3. The number of Topliss-reactive ketones (excluding diaryl/α,β-unsaturated/α-hetero) is 1. The second-order valence-corrected chi connectivity index (χ2v) is 11.9. The maximum absolute atomic E-state index is 13.5. The molecule has 0 radical (unpaired) electrons. The molecule has 4 saturated carbocycles. The van der Waals surface area contributed by atoms with Crippen molar-refractivity contribution in [1.82, 2.24) is 0 Å². The van der Waals surface area contributed by atoms with E-state index in [0.29, 0.717) is 11.2 Å². The number of rotatable bonds is 2. The molecule has 0 N–H and O–H groups in total. The number of benzene rings is 1. The van der Waals surface area contributed by atoms with Crippen LogP contribution in [-0.4, -0.2) is 5.78 Å². The SMILES string of the molecule is CC.Cc1cccc(C(=O)C2CCC3C4CCC5CC(C)CCC5(C)C4CCC23C)c1. The average Bonchev–Trinajstić information content (AvgIpc) is 3.12. The fourth-order valence-corrected chi connectivity index (χ4v) is 8.90. The number of carbonyl (C=O) groups excluding carboxylic acids is 1. The van der Waals surface area contributed by atoms with Crippen LogP contribution < -0.4 is 0 Å². The van der Waals surface area contributed by atoms with Gasteiger partial charge in [0.25, 0.3) is 0 Å². The van der Waals surface area contributed by atoms with Crippen LogP contribution in [0, 0.1) is 53.3 Å². The number of fused-ring (bicyclic) bond motifs is 5. The second kappa shape index (κ2) is 8.68. The van der Waals surface area contributed by atoms with E-state index in [0.717, 1.165) is 41.6 Å². The van der Waals surface area contributed by atoms with Gasteiger partial charge in [-0.1, -0.05) is 64.8 Å². The molecule has 4 fully saturated rings. The van der Waals surface area contributed by atoms with Crippen LogP contribution in [0.5, 0.6) is 0 Å². The van der Waals surface area contributed by atoms with Gasteiger partial charge in [0, 0.05) is 11.5 Å². The molecule has 1 nitrogen and oxygen atoms in total. The molecular formula is C30H46O. The highest BCUT2D eigenvalue weighted by atomic mass is 16.1. The van der Waals surface area contributed by atoms with E-state index in [1.165, 1.54) is 56.9 Å². The van der Waals surface area contributed by atoms with Gasteiger partial charge in [-0.05, 0) is 105 Å². The zero-order valence-electron chi connectivity index (χ0n) is 21.0. The van der Waals surface area contributed by atoms with E-state index in [2.05, 4.69) is 45.9 Å². The molecule has 0 aromatic heterocycles. The first-order chi connectivity index (χ1) is 14.8. The Balaban J connectivity index is 0.00000112. The fourth-order valence-electron chi connectivity index (χ4n) is 8.90. The van der Waals surface area contributed by atoms with Gasteiger partial charge in [-0.2, -0.15) is 0 Å². The number of carbonyl (C=O) groups is 1. The van der Waals surface area contributed by atoms with Crippen molar-refractivity contribution in [1.29, 1.82) is 0 Å². The summed E-state index contributed by atoms with van der Waals surface area (Å²) in [5.41, 5.74) is 2.97. The molecule has 4 aliphatic rings. The fraction of sp³-hybridized carbons (Fsp3) is 0.767. The largest absolute Gasteiger partial charge is 0.294 e. The third-order valence-corrected chi connectivity index (χ3v) is 10.5. The summed E-state index contributed by atoms with van der Waals surface area (Å²) in [4.78, 5) is 13.5. The molecule has 4 aliphatic carbocycles. The van der Waals surface area contributed by atoms with Crippen LogP contribution in [0.2, 0.25) is 0 Å². The van der Waals surface area contributed by atoms with Crippen LogP contribution in [0.4, 0.5) is 0 Å². The highest BCUT2D eigenvalue weighted by Crippen LogP contribution is 2.68. The standard InChI is InChI=1S/C28H40O.C2H6/c1-18-6-5-7-20(16-18)26(29)25-11-10-23-22-9-8-21-17-19(2)12-14-27(21,3)24(22)13-15-28(23,25)4;1-2/h5-7,16,19,21-25H,8-15,17H2,1-4H3;1-2H3. The highest BCUT2D eigenvalue weighted by molar-refractivity contribution is 5.98. The summed E-state index contributed by atoms with van der Waals surface area (Å²) < 4.78 is 0. The van der Waals surface area contributed by atoms with Crippen molar-refractivity contribution in [2.24, 2.45) is 46.3 Å². The van der Waals surface area contributed by atoms with Gasteiger partial charge in [0.1, 0.15) is 0 Å². The first kappa shape index (κ1) is 23.1. The Bertz CT molecular complexity index is 795. The molecule has 0 amide bonds. The molecule has 0 heterocycles. The third-order valence-electron chi connectivity index (χ3n) is 10.5. The maximum Gasteiger partial charge on any atom is 0.166 e. The van der Waals surface area contributed by atoms with E-state index in [4.69, 9.17) is 0 Å². The summed E-state index contributed by atoms with van der Waals surface area (Å²) in [6.45, 7) is 13.7.